The highest BCUT2D eigenvalue weighted by atomic mass is 32.2. The molecule has 0 aliphatic rings. The Balaban J connectivity index is 1.47. The van der Waals surface area contributed by atoms with Crippen LogP contribution in [0.3, 0.4) is 0 Å². The number of aromatic nitrogens is 2. The summed E-state index contributed by atoms with van der Waals surface area (Å²) in [5.41, 5.74) is 3.70. The van der Waals surface area contributed by atoms with Crippen molar-refractivity contribution in [2.75, 3.05) is 0 Å². The average molecular weight is 388 g/mol. The van der Waals surface area contributed by atoms with Gasteiger partial charge in [0.25, 0.3) is 5.91 Å². The second-order valence-electron chi connectivity index (χ2n) is 6.59. The second-order valence-corrected chi connectivity index (χ2v) is 7.61. The first-order valence-corrected chi connectivity index (χ1v) is 10.2. The molecule has 0 bridgehead atoms. The molecule has 2 aromatic heterocycles. The number of carbonyl (C=O) groups excluding carboxylic acids is 1. The molecule has 2 heterocycles. The average Bonchev–Trinajstić information content (AvgIpc) is 3.16. The lowest BCUT2D eigenvalue weighted by Gasteiger charge is -2.16. The van der Waals surface area contributed by atoms with Crippen LogP contribution < -0.4 is 5.32 Å². The summed E-state index contributed by atoms with van der Waals surface area (Å²) in [6.07, 6.45) is 4.02. The zero-order valence-corrected chi connectivity index (χ0v) is 16.4. The standard InChI is InChI=1S/C23H21N3OS/c1-17(18-9-3-2-4-10-18)24-23(27)20-11-5-6-12-21(20)28-16-19-15-26-14-8-7-13-22(26)25-19/h2-15,17H,16H2,1H3,(H,24,27). The number of rotatable bonds is 6. The quantitative estimate of drug-likeness (QED) is 0.467. The molecule has 4 aromatic rings. The van der Waals surface area contributed by atoms with Crippen molar-refractivity contribution in [3.05, 3.63) is 102 Å². The highest BCUT2D eigenvalue weighted by Gasteiger charge is 2.15. The third-order valence-electron chi connectivity index (χ3n) is 4.57. The fourth-order valence-corrected chi connectivity index (χ4v) is 4.02. The molecule has 0 aliphatic heterocycles. The molecule has 0 aliphatic carbocycles. The van der Waals surface area contributed by atoms with Crippen LogP contribution in [0, 0.1) is 0 Å². The first-order chi connectivity index (χ1) is 13.7. The third kappa shape index (κ3) is 4.10. The maximum atomic E-state index is 12.9. The van der Waals surface area contributed by atoms with Gasteiger partial charge in [-0.2, -0.15) is 0 Å². The van der Waals surface area contributed by atoms with Crippen molar-refractivity contribution in [1.29, 1.82) is 0 Å². The Hall–Kier alpha value is -3.05. The van der Waals surface area contributed by atoms with Gasteiger partial charge in [0.1, 0.15) is 5.65 Å². The summed E-state index contributed by atoms with van der Waals surface area (Å²) in [6, 6.07) is 23.6. The maximum Gasteiger partial charge on any atom is 0.252 e. The van der Waals surface area contributed by atoms with E-state index in [9.17, 15) is 4.79 Å². The van der Waals surface area contributed by atoms with E-state index in [4.69, 9.17) is 0 Å². The van der Waals surface area contributed by atoms with Crippen LogP contribution in [0.1, 0.15) is 34.6 Å². The van der Waals surface area contributed by atoms with E-state index in [1.54, 1.807) is 11.8 Å². The zero-order chi connectivity index (χ0) is 19.3. The van der Waals surface area contributed by atoms with Gasteiger partial charge in [-0.15, -0.1) is 11.8 Å². The Kier molecular flexibility index (Phi) is 5.44. The first kappa shape index (κ1) is 18.3. The van der Waals surface area contributed by atoms with Crippen molar-refractivity contribution in [2.45, 2.75) is 23.6 Å². The van der Waals surface area contributed by atoms with E-state index < -0.39 is 0 Å². The van der Waals surface area contributed by atoms with Crippen LogP contribution in [0.5, 0.6) is 0 Å². The van der Waals surface area contributed by atoms with Gasteiger partial charge in [-0.1, -0.05) is 48.5 Å². The van der Waals surface area contributed by atoms with E-state index in [0.29, 0.717) is 11.3 Å². The monoisotopic (exact) mass is 387 g/mol. The molecule has 4 rings (SSSR count). The fraction of sp³-hybridized carbons (Fsp3) is 0.130. The van der Waals surface area contributed by atoms with Crippen LogP contribution in [-0.2, 0) is 5.75 Å². The minimum absolute atomic E-state index is 0.0507. The molecule has 0 radical (unpaired) electrons. The number of fused-ring (bicyclic) bond motifs is 1. The van der Waals surface area contributed by atoms with Crippen LogP contribution in [0.2, 0.25) is 0 Å². The number of hydrogen-bond donors (Lipinski definition) is 1. The van der Waals surface area contributed by atoms with Gasteiger partial charge in [-0.25, -0.2) is 4.98 Å². The predicted molar refractivity (Wildman–Crippen MR) is 114 cm³/mol. The third-order valence-corrected chi connectivity index (χ3v) is 5.68. The lowest BCUT2D eigenvalue weighted by molar-refractivity contribution is 0.0937. The fourth-order valence-electron chi connectivity index (χ4n) is 3.09. The van der Waals surface area contributed by atoms with Crippen molar-refractivity contribution in [1.82, 2.24) is 14.7 Å². The Labute approximate surface area is 168 Å². The molecule has 0 spiro atoms. The Bertz CT molecular complexity index is 1060. The van der Waals surface area contributed by atoms with Gasteiger partial charge >= 0.3 is 0 Å². The molecule has 1 unspecified atom stereocenters. The Morgan fingerprint density at radius 2 is 1.79 bits per heavy atom. The summed E-state index contributed by atoms with van der Waals surface area (Å²) in [5.74, 6) is 0.648. The molecule has 5 heteroatoms. The number of carbonyl (C=O) groups is 1. The van der Waals surface area contributed by atoms with Crippen molar-refractivity contribution >= 4 is 23.3 Å². The molecule has 4 nitrogen and oxygen atoms in total. The van der Waals surface area contributed by atoms with Crippen molar-refractivity contribution in [3.8, 4) is 0 Å². The van der Waals surface area contributed by atoms with Crippen molar-refractivity contribution in [2.24, 2.45) is 0 Å². The summed E-state index contributed by atoms with van der Waals surface area (Å²) in [7, 11) is 0. The Morgan fingerprint density at radius 3 is 2.61 bits per heavy atom. The summed E-state index contributed by atoms with van der Waals surface area (Å²) < 4.78 is 2.01. The molecule has 1 N–H and O–H groups in total. The largest absolute Gasteiger partial charge is 0.345 e. The number of imidazole rings is 1. The summed E-state index contributed by atoms with van der Waals surface area (Å²) in [5, 5.41) is 3.10. The molecule has 1 amide bonds. The molecule has 1 atom stereocenters. The van der Waals surface area contributed by atoms with Crippen LogP contribution >= 0.6 is 11.8 Å². The minimum Gasteiger partial charge on any atom is -0.345 e. The second kappa shape index (κ2) is 8.31. The van der Waals surface area contributed by atoms with Gasteiger partial charge in [0, 0.05) is 23.0 Å². The zero-order valence-electron chi connectivity index (χ0n) is 15.6. The number of pyridine rings is 1. The lowest BCUT2D eigenvalue weighted by atomic mass is 10.1. The normalized spacial score (nSPS) is 12.0. The van der Waals surface area contributed by atoms with Crippen LogP contribution in [0.25, 0.3) is 5.65 Å². The van der Waals surface area contributed by atoms with Gasteiger partial charge in [0.15, 0.2) is 0 Å². The van der Waals surface area contributed by atoms with Gasteiger partial charge in [-0.05, 0) is 36.8 Å². The number of amides is 1. The molecular formula is C23H21N3OS. The highest BCUT2D eigenvalue weighted by Crippen LogP contribution is 2.27. The SMILES string of the molecule is CC(NC(=O)c1ccccc1SCc1cn2ccccc2n1)c1ccccc1. The summed E-state index contributed by atoms with van der Waals surface area (Å²) >= 11 is 1.63. The highest BCUT2D eigenvalue weighted by molar-refractivity contribution is 7.98. The number of thioether (sulfide) groups is 1. The minimum atomic E-state index is -0.0607. The Morgan fingerprint density at radius 1 is 1.04 bits per heavy atom. The van der Waals surface area contributed by atoms with E-state index in [1.807, 2.05) is 96.5 Å². The topological polar surface area (TPSA) is 46.4 Å². The number of benzene rings is 2. The number of hydrogen-bond acceptors (Lipinski definition) is 3. The van der Waals surface area contributed by atoms with E-state index in [0.717, 1.165) is 21.8 Å². The molecular weight excluding hydrogens is 366 g/mol. The molecule has 0 saturated carbocycles. The smallest absolute Gasteiger partial charge is 0.252 e. The van der Waals surface area contributed by atoms with E-state index in [-0.39, 0.29) is 11.9 Å². The van der Waals surface area contributed by atoms with Crippen LogP contribution in [-0.4, -0.2) is 15.3 Å². The van der Waals surface area contributed by atoms with Crippen LogP contribution in [0.4, 0.5) is 0 Å². The first-order valence-electron chi connectivity index (χ1n) is 9.21. The van der Waals surface area contributed by atoms with E-state index >= 15 is 0 Å². The molecule has 140 valence electrons. The van der Waals surface area contributed by atoms with Crippen molar-refractivity contribution in [3.63, 3.8) is 0 Å². The van der Waals surface area contributed by atoms with E-state index in [1.165, 1.54) is 0 Å². The summed E-state index contributed by atoms with van der Waals surface area (Å²) in [6.45, 7) is 2.00. The lowest BCUT2D eigenvalue weighted by Crippen LogP contribution is -2.27. The molecule has 2 aromatic carbocycles. The van der Waals surface area contributed by atoms with Gasteiger partial charge in [0.05, 0.1) is 17.3 Å². The maximum absolute atomic E-state index is 12.9. The molecule has 28 heavy (non-hydrogen) atoms. The predicted octanol–water partition coefficient (Wildman–Crippen LogP) is 5.12. The number of nitrogens with zero attached hydrogens (tertiary/aromatic N) is 2. The molecule has 0 saturated heterocycles. The van der Waals surface area contributed by atoms with Crippen molar-refractivity contribution < 1.29 is 4.79 Å². The number of nitrogens with one attached hydrogen (secondary N) is 1. The van der Waals surface area contributed by atoms with Gasteiger partial charge in [0.2, 0.25) is 0 Å². The van der Waals surface area contributed by atoms with Gasteiger partial charge < -0.3 is 9.72 Å². The molecule has 0 fully saturated rings. The van der Waals surface area contributed by atoms with Gasteiger partial charge in [-0.3, -0.25) is 4.79 Å². The van der Waals surface area contributed by atoms with E-state index in [2.05, 4.69) is 10.3 Å². The van der Waals surface area contributed by atoms with Crippen LogP contribution in [0.15, 0.2) is 90.1 Å². The summed E-state index contributed by atoms with van der Waals surface area (Å²) in [4.78, 5) is 18.4.